The molecule has 1 fully saturated rings. The van der Waals surface area contributed by atoms with Crippen LogP contribution in [0.2, 0.25) is 0 Å². The molecule has 0 aliphatic carbocycles. The molecule has 0 bridgehead atoms. The van der Waals surface area contributed by atoms with Crippen molar-refractivity contribution in [1.29, 1.82) is 0 Å². The number of para-hydroxylation sites is 3. The number of benzene rings is 2. The van der Waals surface area contributed by atoms with Gasteiger partial charge >= 0.3 is 16.4 Å². The molecule has 9 nitrogen and oxygen atoms in total. The summed E-state index contributed by atoms with van der Waals surface area (Å²) in [5.74, 6) is 0. The fourth-order valence-electron chi connectivity index (χ4n) is 4.12. The first-order valence-electron chi connectivity index (χ1n) is 12.2. The van der Waals surface area contributed by atoms with Crippen LogP contribution in [0.1, 0.15) is 39.0 Å². The molecule has 2 aromatic rings. The summed E-state index contributed by atoms with van der Waals surface area (Å²) in [6.07, 6.45) is 3.64. The number of ether oxygens (including phenoxy) is 1. The number of rotatable bonds is 9. The smallest absolute Gasteiger partial charge is 0.450 e. The van der Waals surface area contributed by atoms with Crippen molar-refractivity contribution in [2.75, 3.05) is 41.4 Å². The minimum Gasteiger partial charge on any atom is -0.450 e. The molecular formula is C25H36N4O5S. The van der Waals surface area contributed by atoms with Crippen molar-refractivity contribution in [1.82, 2.24) is 10.6 Å². The van der Waals surface area contributed by atoms with Gasteiger partial charge < -0.3 is 20.5 Å². The molecule has 3 N–H and O–H groups in total. The molecule has 2 heterocycles. The maximum absolute atomic E-state index is 13.3. The Morgan fingerprint density at radius 2 is 1.71 bits per heavy atom. The molecule has 0 saturated carbocycles. The Kier molecular flexibility index (Phi) is 10.2. The number of fused-ring (bicyclic) bond motifs is 1. The van der Waals surface area contributed by atoms with Crippen LogP contribution in [0, 0.1) is 0 Å². The van der Waals surface area contributed by atoms with Crippen LogP contribution in [0.5, 0.6) is 0 Å². The SMILES string of the molecule is CCCCOC(=O)O.O=S1(=O)N(CCCNC2CCNCC2)c2ccccc2N1c1ccccc1. The van der Waals surface area contributed by atoms with Gasteiger partial charge in [-0.05, 0) is 69.6 Å². The van der Waals surface area contributed by atoms with Gasteiger partial charge in [0.1, 0.15) is 0 Å². The number of hydrogen-bond acceptors (Lipinski definition) is 6. The van der Waals surface area contributed by atoms with E-state index in [2.05, 4.69) is 15.4 Å². The second kappa shape index (κ2) is 13.3. The molecule has 2 aliphatic heterocycles. The van der Waals surface area contributed by atoms with Gasteiger partial charge in [-0.2, -0.15) is 8.42 Å². The first kappa shape index (κ1) is 26.8. The molecule has 0 radical (unpaired) electrons. The molecule has 0 aromatic heterocycles. The number of piperidine rings is 1. The minimum absolute atomic E-state index is 0.325. The summed E-state index contributed by atoms with van der Waals surface area (Å²) in [7, 11) is -3.62. The molecular weight excluding hydrogens is 468 g/mol. The average molecular weight is 505 g/mol. The summed E-state index contributed by atoms with van der Waals surface area (Å²) in [5, 5.41) is 14.8. The van der Waals surface area contributed by atoms with Gasteiger partial charge in [-0.1, -0.05) is 43.7 Å². The molecule has 0 unspecified atom stereocenters. The van der Waals surface area contributed by atoms with Gasteiger partial charge in [0.15, 0.2) is 0 Å². The Balaban J connectivity index is 0.000000371. The topological polar surface area (TPSA) is 111 Å². The van der Waals surface area contributed by atoms with Gasteiger partial charge in [0, 0.05) is 12.6 Å². The zero-order valence-corrected chi connectivity index (χ0v) is 21.0. The zero-order chi connectivity index (χ0) is 25.1. The number of anilines is 3. The minimum atomic E-state index is -3.62. The quantitative estimate of drug-likeness (QED) is 0.348. The average Bonchev–Trinajstić information content (AvgIpc) is 3.09. The lowest BCUT2D eigenvalue weighted by Gasteiger charge is -2.25. The molecule has 2 aliphatic rings. The third-order valence-corrected chi connectivity index (χ3v) is 7.71. The Morgan fingerprint density at radius 1 is 1.06 bits per heavy atom. The van der Waals surface area contributed by atoms with Gasteiger partial charge in [-0.3, -0.25) is 4.31 Å². The highest BCUT2D eigenvalue weighted by molar-refractivity contribution is 7.95. The molecule has 35 heavy (non-hydrogen) atoms. The third-order valence-electron chi connectivity index (χ3n) is 5.90. The second-order valence-corrected chi connectivity index (χ2v) is 10.2. The zero-order valence-electron chi connectivity index (χ0n) is 20.2. The van der Waals surface area contributed by atoms with Crippen LogP contribution in [-0.4, -0.2) is 58.5 Å². The highest BCUT2D eigenvalue weighted by Gasteiger charge is 2.40. The summed E-state index contributed by atoms with van der Waals surface area (Å²) < 4.78 is 33.7. The molecule has 2 aromatic carbocycles. The van der Waals surface area contributed by atoms with Crippen molar-refractivity contribution in [2.45, 2.75) is 45.1 Å². The van der Waals surface area contributed by atoms with E-state index < -0.39 is 16.4 Å². The van der Waals surface area contributed by atoms with Crippen LogP contribution in [-0.2, 0) is 14.9 Å². The lowest BCUT2D eigenvalue weighted by Crippen LogP contribution is -2.41. The Labute approximate surface area is 208 Å². The van der Waals surface area contributed by atoms with Crippen LogP contribution < -0.4 is 19.2 Å². The van der Waals surface area contributed by atoms with Crippen LogP contribution in [0.15, 0.2) is 54.6 Å². The van der Waals surface area contributed by atoms with Crippen LogP contribution in [0.4, 0.5) is 21.9 Å². The molecule has 1 saturated heterocycles. The van der Waals surface area contributed by atoms with Crippen molar-refractivity contribution in [3.8, 4) is 0 Å². The summed E-state index contributed by atoms with van der Waals surface area (Å²) in [6.45, 7) is 5.71. The molecule has 10 heteroatoms. The molecule has 0 spiro atoms. The Morgan fingerprint density at radius 3 is 2.37 bits per heavy atom. The van der Waals surface area contributed by atoms with Crippen molar-refractivity contribution < 1.29 is 23.1 Å². The summed E-state index contributed by atoms with van der Waals surface area (Å²) in [5.41, 5.74) is 2.14. The Hall–Kier alpha value is -2.82. The fourth-order valence-corrected chi connectivity index (χ4v) is 5.88. The lowest BCUT2D eigenvalue weighted by atomic mass is 10.1. The number of carbonyl (C=O) groups is 1. The first-order valence-corrected chi connectivity index (χ1v) is 13.6. The van der Waals surface area contributed by atoms with Gasteiger partial charge in [0.2, 0.25) is 0 Å². The predicted octanol–water partition coefficient (Wildman–Crippen LogP) is 4.10. The fraction of sp³-hybridized carbons (Fsp3) is 0.480. The van der Waals surface area contributed by atoms with E-state index in [-0.39, 0.29) is 0 Å². The summed E-state index contributed by atoms with van der Waals surface area (Å²) in [4.78, 5) is 9.65. The van der Waals surface area contributed by atoms with E-state index in [1.807, 2.05) is 61.5 Å². The van der Waals surface area contributed by atoms with E-state index in [1.165, 1.54) is 4.31 Å². The van der Waals surface area contributed by atoms with Crippen molar-refractivity contribution in [2.24, 2.45) is 0 Å². The van der Waals surface area contributed by atoms with Crippen molar-refractivity contribution >= 4 is 33.4 Å². The number of hydrogen-bond donors (Lipinski definition) is 3. The van der Waals surface area contributed by atoms with Gasteiger partial charge in [-0.15, -0.1) is 0 Å². The molecule has 4 rings (SSSR count). The highest BCUT2D eigenvalue weighted by atomic mass is 32.2. The summed E-state index contributed by atoms with van der Waals surface area (Å²) in [6, 6.07) is 17.3. The lowest BCUT2D eigenvalue weighted by molar-refractivity contribution is 0.0905. The number of carboxylic acid groups (broad SMARTS) is 1. The molecule has 192 valence electrons. The number of unbranched alkanes of at least 4 members (excludes halogenated alkanes) is 1. The first-order chi connectivity index (χ1) is 16.9. The van der Waals surface area contributed by atoms with E-state index in [0.717, 1.165) is 63.1 Å². The van der Waals surface area contributed by atoms with Crippen LogP contribution in [0.25, 0.3) is 0 Å². The van der Waals surface area contributed by atoms with Crippen LogP contribution in [0.3, 0.4) is 0 Å². The maximum Gasteiger partial charge on any atom is 0.505 e. The number of nitrogens with one attached hydrogen (secondary N) is 2. The molecule has 0 atom stereocenters. The van der Waals surface area contributed by atoms with E-state index >= 15 is 0 Å². The Bertz CT molecular complexity index is 1030. The highest BCUT2D eigenvalue weighted by Crippen LogP contribution is 2.44. The number of nitrogens with zero attached hydrogens (tertiary/aromatic N) is 2. The second-order valence-electron chi connectivity index (χ2n) is 8.47. The maximum atomic E-state index is 13.3. The largest absolute Gasteiger partial charge is 0.505 e. The van der Waals surface area contributed by atoms with E-state index in [0.29, 0.717) is 24.9 Å². The van der Waals surface area contributed by atoms with Crippen molar-refractivity contribution in [3.63, 3.8) is 0 Å². The van der Waals surface area contributed by atoms with Gasteiger partial charge in [0.05, 0.1) is 23.7 Å². The standard InChI is InChI=1S/C20H26N4O2S.C5H10O3/c25-27(26)23(16-6-13-22-17-11-14-21-15-12-17)19-9-4-5-10-20(19)24(27)18-7-2-1-3-8-18;1-2-3-4-8-5(6)7/h1-5,7-10,17,21-22H,6,11-16H2;2-4H2,1H3,(H,6,7). The monoisotopic (exact) mass is 504 g/mol. The van der Waals surface area contributed by atoms with Crippen molar-refractivity contribution in [3.05, 3.63) is 54.6 Å². The van der Waals surface area contributed by atoms with Crippen LogP contribution >= 0.6 is 0 Å². The van der Waals surface area contributed by atoms with Gasteiger partial charge in [0.25, 0.3) is 0 Å². The van der Waals surface area contributed by atoms with E-state index in [9.17, 15) is 13.2 Å². The van der Waals surface area contributed by atoms with E-state index in [1.54, 1.807) is 4.31 Å². The normalized spacial score (nSPS) is 16.8. The van der Waals surface area contributed by atoms with E-state index in [4.69, 9.17) is 5.11 Å². The van der Waals surface area contributed by atoms with Gasteiger partial charge in [-0.25, -0.2) is 9.10 Å². The molecule has 0 amide bonds. The predicted molar refractivity (Wildman–Crippen MR) is 139 cm³/mol. The summed E-state index contributed by atoms with van der Waals surface area (Å²) >= 11 is 0. The third kappa shape index (κ3) is 7.33.